The lowest BCUT2D eigenvalue weighted by Crippen LogP contribution is -2.32. The van der Waals surface area contributed by atoms with Crippen molar-refractivity contribution in [2.45, 2.75) is 12.8 Å². The van der Waals surface area contributed by atoms with E-state index in [1.807, 2.05) is 18.2 Å². The molecule has 2 aromatic carbocycles. The molecule has 0 aliphatic carbocycles. The molecule has 6 heteroatoms. The largest absolute Gasteiger partial charge is 0.497 e. The lowest BCUT2D eigenvalue weighted by molar-refractivity contribution is -0.168. The highest BCUT2D eigenvalue weighted by Crippen LogP contribution is 2.23. The van der Waals surface area contributed by atoms with Gasteiger partial charge in [-0.2, -0.15) is 0 Å². The molecule has 0 aromatic heterocycles. The predicted molar refractivity (Wildman–Crippen MR) is 84.3 cm³/mol. The van der Waals surface area contributed by atoms with Crippen molar-refractivity contribution in [1.29, 1.82) is 0 Å². The minimum Gasteiger partial charge on any atom is -0.497 e. The van der Waals surface area contributed by atoms with Crippen LogP contribution in [0.5, 0.6) is 5.75 Å². The van der Waals surface area contributed by atoms with Crippen molar-refractivity contribution in [3.63, 3.8) is 0 Å². The van der Waals surface area contributed by atoms with E-state index in [-0.39, 0.29) is 17.5 Å². The molecule has 122 valence electrons. The van der Waals surface area contributed by atoms with Crippen LogP contribution in [0.1, 0.15) is 32.7 Å². The van der Waals surface area contributed by atoms with E-state index in [0.29, 0.717) is 17.2 Å². The monoisotopic (exact) mass is 325 g/mol. The zero-order valence-corrected chi connectivity index (χ0v) is 13.0. The average molecular weight is 325 g/mol. The number of benzene rings is 2. The van der Waals surface area contributed by atoms with Gasteiger partial charge in [-0.25, -0.2) is 4.79 Å². The van der Waals surface area contributed by atoms with E-state index < -0.39 is 17.8 Å². The molecule has 0 saturated heterocycles. The summed E-state index contributed by atoms with van der Waals surface area (Å²) in [6, 6.07) is 13.7. The lowest BCUT2D eigenvalue weighted by Gasteiger charge is -2.12. The number of nitrogens with zero attached hydrogens (tertiary/aromatic N) is 1. The first-order chi connectivity index (χ1) is 11.6. The van der Waals surface area contributed by atoms with Gasteiger partial charge in [0.2, 0.25) is 0 Å². The molecule has 24 heavy (non-hydrogen) atoms. The number of ether oxygens (including phenoxy) is 1. The number of rotatable bonds is 5. The number of methoxy groups -OCH3 is 1. The molecule has 0 unspecified atom stereocenters. The van der Waals surface area contributed by atoms with Crippen LogP contribution in [-0.4, -0.2) is 30.0 Å². The number of carbonyl (C=O) groups excluding carboxylic acids is 3. The molecule has 0 fully saturated rings. The van der Waals surface area contributed by atoms with Gasteiger partial charge < -0.3 is 9.57 Å². The SMILES string of the molecule is COc1cccc(CCC(=O)ON2C(=O)c3ccccc3C2=O)c1. The fraction of sp³-hybridized carbons (Fsp3) is 0.167. The van der Waals surface area contributed by atoms with Crippen molar-refractivity contribution < 1.29 is 24.0 Å². The number of hydroxylamine groups is 2. The molecule has 2 aromatic rings. The maximum Gasteiger partial charge on any atom is 0.333 e. The normalized spacial score (nSPS) is 13.0. The van der Waals surface area contributed by atoms with E-state index in [4.69, 9.17) is 9.57 Å². The molecule has 1 aliphatic heterocycles. The Morgan fingerprint density at radius 3 is 2.29 bits per heavy atom. The molecule has 0 saturated carbocycles. The smallest absolute Gasteiger partial charge is 0.333 e. The molecule has 0 atom stereocenters. The molecular weight excluding hydrogens is 310 g/mol. The van der Waals surface area contributed by atoms with Crippen molar-refractivity contribution in [3.8, 4) is 5.75 Å². The lowest BCUT2D eigenvalue weighted by atomic mass is 10.1. The Morgan fingerprint density at radius 2 is 1.67 bits per heavy atom. The number of hydrogen-bond acceptors (Lipinski definition) is 5. The quantitative estimate of drug-likeness (QED) is 0.789. The van der Waals surface area contributed by atoms with E-state index in [1.165, 1.54) is 12.1 Å². The molecule has 6 nitrogen and oxygen atoms in total. The third-order valence-electron chi connectivity index (χ3n) is 3.70. The standard InChI is InChI=1S/C18H15NO5/c1-23-13-6-4-5-12(11-13)9-10-16(20)24-19-17(21)14-7-2-3-8-15(14)18(19)22/h2-8,11H,9-10H2,1H3. The highest BCUT2D eigenvalue weighted by Gasteiger charge is 2.38. The van der Waals surface area contributed by atoms with Gasteiger partial charge in [0.1, 0.15) is 5.75 Å². The van der Waals surface area contributed by atoms with Gasteiger partial charge in [-0.15, -0.1) is 0 Å². The van der Waals surface area contributed by atoms with Gasteiger partial charge in [-0.3, -0.25) is 9.59 Å². The van der Waals surface area contributed by atoms with Crippen LogP contribution in [0.3, 0.4) is 0 Å². The van der Waals surface area contributed by atoms with Gasteiger partial charge >= 0.3 is 5.97 Å². The van der Waals surface area contributed by atoms with Gasteiger partial charge in [0.05, 0.1) is 24.7 Å². The number of fused-ring (bicyclic) bond motifs is 1. The summed E-state index contributed by atoms with van der Waals surface area (Å²) in [5, 5.41) is 0.526. The van der Waals surface area contributed by atoms with Crippen LogP contribution in [0.4, 0.5) is 0 Å². The minimum absolute atomic E-state index is 0.0422. The molecule has 1 aliphatic rings. The van der Waals surface area contributed by atoms with Crippen LogP contribution >= 0.6 is 0 Å². The summed E-state index contributed by atoms with van der Waals surface area (Å²) in [4.78, 5) is 41.2. The molecule has 2 amide bonds. The highest BCUT2D eigenvalue weighted by atomic mass is 16.7. The van der Waals surface area contributed by atoms with Crippen LogP contribution in [0.2, 0.25) is 0 Å². The van der Waals surface area contributed by atoms with Gasteiger partial charge in [0.15, 0.2) is 0 Å². The molecule has 0 N–H and O–H groups in total. The van der Waals surface area contributed by atoms with Crippen molar-refractivity contribution >= 4 is 17.8 Å². The van der Waals surface area contributed by atoms with Crippen molar-refractivity contribution in [3.05, 3.63) is 65.2 Å². The number of carbonyl (C=O) groups is 3. The maximum absolute atomic E-state index is 12.1. The molecular formula is C18H15NO5. The summed E-state index contributed by atoms with van der Waals surface area (Å²) in [5.41, 5.74) is 1.37. The zero-order chi connectivity index (χ0) is 17.1. The first-order valence-corrected chi connectivity index (χ1v) is 7.41. The van der Waals surface area contributed by atoms with Crippen LogP contribution < -0.4 is 4.74 Å². The predicted octanol–water partition coefficient (Wildman–Crippen LogP) is 2.38. The summed E-state index contributed by atoms with van der Waals surface area (Å²) in [5.74, 6) is -1.19. The molecule has 0 bridgehead atoms. The van der Waals surface area contributed by atoms with Crippen LogP contribution in [-0.2, 0) is 16.1 Å². The average Bonchev–Trinajstić information content (AvgIpc) is 2.85. The Bertz CT molecular complexity index is 780. The third kappa shape index (κ3) is 2.99. The Balaban J connectivity index is 1.62. The van der Waals surface area contributed by atoms with E-state index in [2.05, 4.69) is 0 Å². The first-order valence-electron chi connectivity index (χ1n) is 7.41. The Labute approximate surface area is 138 Å². The Kier molecular flexibility index (Phi) is 4.29. The zero-order valence-electron chi connectivity index (χ0n) is 13.0. The third-order valence-corrected chi connectivity index (χ3v) is 3.70. The van der Waals surface area contributed by atoms with E-state index in [0.717, 1.165) is 5.56 Å². The summed E-state index contributed by atoms with van der Waals surface area (Å²) in [6.07, 6.45) is 0.458. The Morgan fingerprint density at radius 1 is 1.00 bits per heavy atom. The van der Waals surface area contributed by atoms with Gasteiger partial charge in [-0.1, -0.05) is 29.3 Å². The van der Waals surface area contributed by atoms with Gasteiger partial charge in [0.25, 0.3) is 11.8 Å². The van der Waals surface area contributed by atoms with E-state index in [9.17, 15) is 14.4 Å². The first kappa shape index (κ1) is 15.7. The Hall–Kier alpha value is -3.15. The topological polar surface area (TPSA) is 72.9 Å². The van der Waals surface area contributed by atoms with Crippen molar-refractivity contribution in [2.75, 3.05) is 7.11 Å². The van der Waals surface area contributed by atoms with E-state index in [1.54, 1.807) is 25.3 Å². The van der Waals surface area contributed by atoms with Crippen molar-refractivity contribution in [2.24, 2.45) is 0 Å². The minimum atomic E-state index is -0.646. The van der Waals surface area contributed by atoms with Crippen LogP contribution in [0.25, 0.3) is 0 Å². The number of imide groups is 1. The molecule has 3 rings (SSSR count). The second-order valence-electron chi connectivity index (χ2n) is 5.27. The molecule has 1 heterocycles. The molecule has 0 radical (unpaired) electrons. The molecule has 0 spiro atoms. The van der Waals surface area contributed by atoms with E-state index >= 15 is 0 Å². The second-order valence-corrected chi connectivity index (χ2v) is 5.27. The van der Waals surface area contributed by atoms with Gasteiger partial charge in [-0.05, 0) is 36.2 Å². The summed E-state index contributed by atoms with van der Waals surface area (Å²) in [6.45, 7) is 0. The van der Waals surface area contributed by atoms with Crippen LogP contribution in [0.15, 0.2) is 48.5 Å². The number of aryl methyl sites for hydroxylation is 1. The number of hydrogen-bond donors (Lipinski definition) is 0. The van der Waals surface area contributed by atoms with Crippen LogP contribution in [0, 0.1) is 0 Å². The maximum atomic E-state index is 12.1. The number of amides is 2. The second kappa shape index (κ2) is 6.54. The highest BCUT2D eigenvalue weighted by molar-refractivity contribution is 6.20. The summed E-state index contributed by atoms with van der Waals surface area (Å²) in [7, 11) is 1.57. The summed E-state index contributed by atoms with van der Waals surface area (Å²) < 4.78 is 5.12. The van der Waals surface area contributed by atoms with Crippen molar-refractivity contribution in [1.82, 2.24) is 5.06 Å². The fourth-order valence-electron chi connectivity index (χ4n) is 2.47. The van der Waals surface area contributed by atoms with Gasteiger partial charge in [0, 0.05) is 0 Å². The fourth-order valence-corrected chi connectivity index (χ4v) is 2.47. The summed E-state index contributed by atoms with van der Waals surface area (Å²) >= 11 is 0.